The van der Waals surface area contributed by atoms with Crippen molar-refractivity contribution in [1.29, 1.82) is 0 Å². The van der Waals surface area contributed by atoms with E-state index >= 15 is 0 Å². The van der Waals surface area contributed by atoms with Crippen molar-refractivity contribution in [3.8, 4) is 0 Å². The predicted molar refractivity (Wildman–Crippen MR) is 155 cm³/mol. The molecule has 36 heavy (non-hydrogen) atoms. The number of hydrogen-bond donors (Lipinski definition) is 2. The standard InChI is InChI=1S/C27H36N6O.CH4S/c1-21-5-7-22(8-6-21)25-13-14-28-27(31(25)4)29-24-11-9-23(10-12-24)26(34)33-19-17-32(18-20-33)16-15-30(2)3;1-2/h5-14,27,29H,15-20H2,1-4H3;2H,1H3. The van der Waals surface area contributed by atoms with Gasteiger partial charge in [0.1, 0.15) is 0 Å². The summed E-state index contributed by atoms with van der Waals surface area (Å²) in [6.07, 6.45) is 5.37. The van der Waals surface area contributed by atoms with Crippen molar-refractivity contribution in [2.45, 2.75) is 13.2 Å². The first-order valence-electron chi connectivity index (χ1n) is 12.4. The summed E-state index contributed by atoms with van der Waals surface area (Å²) in [5, 5.41) is 3.47. The van der Waals surface area contributed by atoms with Gasteiger partial charge in [0.05, 0.1) is 0 Å². The van der Waals surface area contributed by atoms with E-state index in [0.29, 0.717) is 0 Å². The van der Waals surface area contributed by atoms with Gasteiger partial charge in [0.15, 0.2) is 6.29 Å². The summed E-state index contributed by atoms with van der Waals surface area (Å²) in [5.41, 5.74) is 5.18. The molecule has 0 aromatic heterocycles. The third-order valence-corrected chi connectivity index (χ3v) is 6.50. The monoisotopic (exact) mass is 508 g/mol. The van der Waals surface area contributed by atoms with E-state index in [1.54, 1.807) is 6.26 Å². The van der Waals surface area contributed by atoms with Crippen LogP contribution in [0, 0.1) is 6.92 Å². The first-order valence-corrected chi connectivity index (χ1v) is 13.3. The van der Waals surface area contributed by atoms with Crippen LogP contribution in [0.4, 0.5) is 5.69 Å². The number of nitrogens with one attached hydrogen (secondary N) is 1. The molecule has 2 aliphatic heterocycles. The Kier molecular flexibility index (Phi) is 10.4. The Labute approximate surface area is 221 Å². The van der Waals surface area contributed by atoms with Crippen LogP contribution in [0.5, 0.6) is 0 Å². The van der Waals surface area contributed by atoms with Gasteiger partial charge in [-0.15, -0.1) is 0 Å². The van der Waals surface area contributed by atoms with Gasteiger partial charge in [-0.3, -0.25) is 9.69 Å². The van der Waals surface area contributed by atoms with Gasteiger partial charge in [-0.1, -0.05) is 29.8 Å². The maximum Gasteiger partial charge on any atom is 0.253 e. The van der Waals surface area contributed by atoms with Gasteiger partial charge in [0, 0.05) is 69.5 Å². The molecule has 8 heteroatoms. The van der Waals surface area contributed by atoms with E-state index in [0.717, 1.165) is 61.8 Å². The number of likely N-dealkylation sites (N-methyl/N-ethyl adjacent to an activating group) is 1. The summed E-state index contributed by atoms with van der Waals surface area (Å²) in [7, 11) is 6.23. The fourth-order valence-corrected chi connectivity index (χ4v) is 4.26. The Hall–Kier alpha value is -2.81. The van der Waals surface area contributed by atoms with Gasteiger partial charge in [-0.05, 0) is 63.2 Å². The SMILES string of the molecule is CS.Cc1ccc(C2=CC=NC(Nc3ccc(C(=O)N4CCN(CCN(C)C)CC4)cc3)N2C)cc1. The van der Waals surface area contributed by atoms with Crippen LogP contribution in [0.25, 0.3) is 5.70 Å². The predicted octanol–water partition coefficient (Wildman–Crippen LogP) is 3.61. The molecule has 1 N–H and O–H groups in total. The number of hydrogen-bond acceptors (Lipinski definition) is 7. The van der Waals surface area contributed by atoms with Crippen LogP contribution in [-0.2, 0) is 0 Å². The van der Waals surface area contributed by atoms with Crippen molar-refractivity contribution >= 4 is 36.1 Å². The second-order valence-corrected chi connectivity index (χ2v) is 9.36. The molecule has 0 radical (unpaired) electrons. The Balaban J connectivity index is 0.00000176. The summed E-state index contributed by atoms with van der Waals surface area (Å²) < 4.78 is 0. The van der Waals surface area contributed by atoms with Gasteiger partial charge < -0.3 is 20.0 Å². The van der Waals surface area contributed by atoms with E-state index in [-0.39, 0.29) is 12.2 Å². The minimum absolute atomic E-state index is 0.108. The normalized spacial score (nSPS) is 18.0. The molecule has 194 valence electrons. The van der Waals surface area contributed by atoms with E-state index in [9.17, 15) is 4.79 Å². The third kappa shape index (κ3) is 7.35. The van der Waals surface area contributed by atoms with E-state index < -0.39 is 0 Å². The number of carbonyl (C=O) groups is 1. The topological polar surface area (TPSA) is 54.4 Å². The molecule has 1 amide bonds. The molecule has 0 bridgehead atoms. The summed E-state index contributed by atoms with van der Waals surface area (Å²) in [5.74, 6) is 0.108. The Morgan fingerprint density at radius 1 is 1.03 bits per heavy atom. The minimum Gasteiger partial charge on any atom is -0.347 e. The number of thiol groups is 1. The molecule has 2 aromatic rings. The van der Waals surface area contributed by atoms with Crippen LogP contribution in [0.1, 0.15) is 21.5 Å². The molecule has 4 rings (SSSR count). The quantitative estimate of drug-likeness (QED) is 0.560. The Bertz CT molecular complexity index is 1030. The molecule has 0 aliphatic carbocycles. The molecule has 1 fully saturated rings. The van der Waals surface area contributed by atoms with E-state index in [4.69, 9.17) is 0 Å². The number of rotatable bonds is 7. The van der Waals surface area contributed by atoms with E-state index in [2.05, 4.69) is 82.9 Å². The molecule has 1 atom stereocenters. The minimum atomic E-state index is -0.210. The zero-order chi connectivity index (χ0) is 26.1. The van der Waals surface area contributed by atoms with Crippen LogP contribution in [-0.4, -0.2) is 105 Å². The highest BCUT2D eigenvalue weighted by atomic mass is 32.1. The van der Waals surface area contributed by atoms with Crippen molar-refractivity contribution in [2.24, 2.45) is 4.99 Å². The van der Waals surface area contributed by atoms with Crippen LogP contribution in [0.15, 0.2) is 59.6 Å². The zero-order valence-corrected chi connectivity index (χ0v) is 23.1. The van der Waals surface area contributed by atoms with Crippen molar-refractivity contribution in [1.82, 2.24) is 19.6 Å². The lowest BCUT2D eigenvalue weighted by atomic mass is 10.1. The Morgan fingerprint density at radius 2 is 1.67 bits per heavy atom. The fourth-order valence-electron chi connectivity index (χ4n) is 4.26. The summed E-state index contributed by atoms with van der Waals surface area (Å²) >= 11 is 3.53. The fraction of sp³-hybridized carbons (Fsp3) is 0.429. The molecule has 2 heterocycles. The van der Waals surface area contributed by atoms with Gasteiger partial charge in [-0.25, -0.2) is 4.99 Å². The lowest BCUT2D eigenvalue weighted by molar-refractivity contribution is 0.0630. The summed E-state index contributed by atoms with van der Waals surface area (Å²) in [6.45, 7) is 7.61. The number of amides is 1. The first kappa shape index (κ1) is 27.8. The van der Waals surface area contributed by atoms with Gasteiger partial charge in [0.2, 0.25) is 0 Å². The largest absolute Gasteiger partial charge is 0.347 e. The smallest absolute Gasteiger partial charge is 0.253 e. The lowest BCUT2D eigenvalue weighted by Crippen LogP contribution is -2.49. The number of carbonyl (C=O) groups excluding carboxylic acids is 1. The van der Waals surface area contributed by atoms with Crippen LogP contribution in [0.2, 0.25) is 0 Å². The molecule has 0 saturated carbocycles. The van der Waals surface area contributed by atoms with Crippen molar-refractivity contribution < 1.29 is 4.79 Å². The molecule has 2 aliphatic rings. The highest BCUT2D eigenvalue weighted by Gasteiger charge is 2.23. The van der Waals surface area contributed by atoms with Gasteiger partial charge in [0.25, 0.3) is 5.91 Å². The van der Waals surface area contributed by atoms with Crippen LogP contribution >= 0.6 is 12.6 Å². The lowest BCUT2D eigenvalue weighted by Gasteiger charge is -2.35. The first-order chi connectivity index (χ1) is 17.4. The number of nitrogens with zero attached hydrogens (tertiary/aromatic N) is 5. The molecule has 1 saturated heterocycles. The van der Waals surface area contributed by atoms with Crippen molar-refractivity contribution in [2.75, 3.05) is 72.0 Å². The molecule has 7 nitrogen and oxygen atoms in total. The van der Waals surface area contributed by atoms with Crippen LogP contribution in [0.3, 0.4) is 0 Å². The molecular formula is C28H40N6OS. The number of aryl methyl sites for hydroxylation is 1. The molecule has 1 unspecified atom stereocenters. The van der Waals surface area contributed by atoms with E-state index in [1.807, 2.05) is 48.5 Å². The number of aliphatic imine (C=N–C) groups is 1. The molecule has 0 spiro atoms. The summed E-state index contributed by atoms with van der Waals surface area (Å²) in [6, 6.07) is 16.3. The second-order valence-electron chi connectivity index (χ2n) is 9.36. The van der Waals surface area contributed by atoms with Gasteiger partial charge >= 0.3 is 0 Å². The molecule has 2 aromatic carbocycles. The average Bonchev–Trinajstić information content (AvgIpc) is 2.91. The highest BCUT2D eigenvalue weighted by Crippen LogP contribution is 2.24. The number of piperazine rings is 1. The highest BCUT2D eigenvalue weighted by molar-refractivity contribution is 7.79. The number of benzene rings is 2. The van der Waals surface area contributed by atoms with E-state index in [1.165, 1.54) is 5.56 Å². The zero-order valence-electron chi connectivity index (χ0n) is 22.2. The molecular weight excluding hydrogens is 468 g/mol. The van der Waals surface area contributed by atoms with Crippen molar-refractivity contribution in [3.63, 3.8) is 0 Å². The van der Waals surface area contributed by atoms with Crippen LogP contribution < -0.4 is 5.32 Å². The Morgan fingerprint density at radius 3 is 2.28 bits per heavy atom. The maximum absolute atomic E-state index is 13.0. The third-order valence-electron chi connectivity index (χ3n) is 6.50. The maximum atomic E-state index is 13.0. The average molecular weight is 509 g/mol. The number of allylic oxidation sites excluding steroid dienone is 1. The van der Waals surface area contributed by atoms with Gasteiger partial charge in [-0.2, -0.15) is 12.6 Å². The number of anilines is 1. The van der Waals surface area contributed by atoms with Crippen molar-refractivity contribution in [3.05, 3.63) is 71.3 Å². The summed E-state index contributed by atoms with van der Waals surface area (Å²) in [4.78, 5) is 26.3. The second kappa shape index (κ2) is 13.5.